The van der Waals surface area contributed by atoms with Gasteiger partial charge in [0.2, 0.25) is 0 Å². The van der Waals surface area contributed by atoms with Crippen molar-refractivity contribution in [2.75, 3.05) is 20.1 Å². The van der Waals surface area contributed by atoms with Gasteiger partial charge in [0.15, 0.2) is 0 Å². The Balaban J connectivity index is 2.79. The van der Waals surface area contributed by atoms with Crippen LogP contribution in [0.2, 0.25) is 5.02 Å². The van der Waals surface area contributed by atoms with Crippen LogP contribution in [0.4, 0.5) is 0 Å². The molecule has 1 rings (SSSR count). The van der Waals surface area contributed by atoms with Crippen LogP contribution in [0.15, 0.2) is 18.2 Å². The monoisotopic (exact) mass is 240 g/mol. The molecule has 0 fully saturated rings. The summed E-state index contributed by atoms with van der Waals surface area (Å²) in [5, 5.41) is 0.593. The van der Waals surface area contributed by atoms with Crippen LogP contribution in [-0.2, 0) is 0 Å². The van der Waals surface area contributed by atoms with Crippen molar-refractivity contribution in [1.29, 1.82) is 0 Å². The lowest BCUT2D eigenvalue weighted by Gasteiger charge is -2.17. The molecular formula is C12H17ClN2O. The molecule has 3 nitrogen and oxygen atoms in total. The average molecular weight is 241 g/mol. The molecular weight excluding hydrogens is 224 g/mol. The lowest BCUT2D eigenvalue weighted by molar-refractivity contribution is 0.0794. The van der Waals surface area contributed by atoms with E-state index in [1.807, 2.05) is 19.1 Å². The van der Waals surface area contributed by atoms with Crippen LogP contribution < -0.4 is 5.73 Å². The lowest BCUT2D eigenvalue weighted by Crippen LogP contribution is -2.29. The van der Waals surface area contributed by atoms with Crippen molar-refractivity contribution in [3.05, 3.63) is 34.3 Å². The van der Waals surface area contributed by atoms with E-state index in [4.69, 9.17) is 17.3 Å². The maximum Gasteiger partial charge on any atom is 0.253 e. The van der Waals surface area contributed by atoms with E-state index in [-0.39, 0.29) is 5.91 Å². The van der Waals surface area contributed by atoms with Crippen LogP contribution in [-0.4, -0.2) is 30.9 Å². The fourth-order valence-corrected chi connectivity index (χ4v) is 1.80. The van der Waals surface area contributed by atoms with Gasteiger partial charge in [-0.05, 0) is 43.7 Å². The third kappa shape index (κ3) is 3.51. The molecule has 0 aliphatic carbocycles. The molecule has 0 radical (unpaired) electrons. The van der Waals surface area contributed by atoms with E-state index in [0.29, 0.717) is 23.7 Å². The second kappa shape index (κ2) is 5.87. The highest BCUT2D eigenvalue weighted by atomic mass is 35.5. The highest BCUT2D eigenvalue weighted by Gasteiger charge is 2.11. The summed E-state index contributed by atoms with van der Waals surface area (Å²) in [5.41, 5.74) is 7.02. The molecule has 1 aromatic carbocycles. The molecule has 1 amide bonds. The molecule has 0 spiro atoms. The first-order valence-electron chi connectivity index (χ1n) is 5.27. The van der Waals surface area contributed by atoms with Crippen molar-refractivity contribution in [2.24, 2.45) is 5.73 Å². The van der Waals surface area contributed by atoms with Crippen molar-refractivity contribution < 1.29 is 4.79 Å². The predicted octanol–water partition coefficient (Wildman–Crippen LogP) is 2.07. The van der Waals surface area contributed by atoms with Gasteiger partial charge in [-0.25, -0.2) is 0 Å². The number of nitrogens with zero attached hydrogens (tertiary/aromatic N) is 1. The molecule has 0 aliphatic rings. The van der Waals surface area contributed by atoms with E-state index in [2.05, 4.69) is 0 Å². The molecule has 1 aromatic rings. The van der Waals surface area contributed by atoms with Crippen molar-refractivity contribution in [1.82, 2.24) is 4.90 Å². The number of nitrogens with two attached hydrogens (primary N) is 1. The fraction of sp³-hybridized carbons (Fsp3) is 0.417. The largest absolute Gasteiger partial charge is 0.342 e. The second-order valence-electron chi connectivity index (χ2n) is 3.89. The molecule has 16 heavy (non-hydrogen) atoms. The Bertz CT molecular complexity index is 359. The number of halogens is 1. The van der Waals surface area contributed by atoms with Crippen LogP contribution in [0.5, 0.6) is 0 Å². The summed E-state index contributed by atoms with van der Waals surface area (Å²) >= 11 is 5.91. The van der Waals surface area contributed by atoms with Gasteiger partial charge in [-0.15, -0.1) is 0 Å². The Kier molecular flexibility index (Phi) is 4.77. The number of carbonyl (C=O) groups excluding carboxylic acids is 1. The zero-order valence-electron chi connectivity index (χ0n) is 9.66. The molecule has 0 saturated heterocycles. The first-order chi connectivity index (χ1) is 7.54. The smallest absolute Gasteiger partial charge is 0.253 e. The third-order valence-corrected chi connectivity index (χ3v) is 2.55. The first-order valence-corrected chi connectivity index (χ1v) is 5.65. The Hall–Kier alpha value is -1.06. The summed E-state index contributed by atoms with van der Waals surface area (Å²) < 4.78 is 0. The van der Waals surface area contributed by atoms with E-state index >= 15 is 0 Å². The van der Waals surface area contributed by atoms with Gasteiger partial charge in [-0.3, -0.25) is 4.79 Å². The molecule has 0 saturated carbocycles. The minimum atomic E-state index is -0.0148. The van der Waals surface area contributed by atoms with Gasteiger partial charge in [-0.1, -0.05) is 11.6 Å². The standard InChI is InChI=1S/C12H17ClN2O/c1-9-6-10(8-11(13)7-9)12(16)15(2)5-3-4-14/h6-8H,3-5,14H2,1-2H3. The van der Waals surface area contributed by atoms with Crippen LogP contribution in [0, 0.1) is 6.92 Å². The zero-order valence-corrected chi connectivity index (χ0v) is 10.4. The topological polar surface area (TPSA) is 46.3 Å². The summed E-state index contributed by atoms with van der Waals surface area (Å²) in [7, 11) is 1.77. The molecule has 4 heteroatoms. The van der Waals surface area contributed by atoms with Crippen molar-refractivity contribution in [2.45, 2.75) is 13.3 Å². The Morgan fingerprint density at radius 2 is 2.12 bits per heavy atom. The Morgan fingerprint density at radius 3 is 2.69 bits per heavy atom. The minimum absolute atomic E-state index is 0.0148. The van der Waals surface area contributed by atoms with Crippen LogP contribution in [0.3, 0.4) is 0 Å². The van der Waals surface area contributed by atoms with Gasteiger partial charge < -0.3 is 10.6 Å². The van der Waals surface area contributed by atoms with E-state index < -0.39 is 0 Å². The lowest BCUT2D eigenvalue weighted by atomic mass is 10.1. The van der Waals surface area contributed by atoms with Gasteiger partial charge in [0.1, 0.15) is 0 Å². The SMILES string of the molecule is Cc1cc(Cl)cc(C(=O)N(C)CCCN)c1. The normalized spacial score (nSPS) is 10.2. The molecule has 0 heterocycles. The number of hydrogen-bond acceptors (Lipinski definition) is 2. The summed E-state index contributed by atoms with van der Waals surface area (Å²) in [6.45, 7) is 3.18. The van der Waals surface area contributed by atoms with Crippen molar-refractivity contribution >= 4 is 17.5 Å². The predicted molar refractivity (Wildman–Crippen MR) is 66.8 cm³/mol. The van der Waals surface area contributed by atoms with Gasteiger partial charge in [0.25, 0.3) is 5.91 Å². The van der Waals surface area contributed by atoms with Gasteiger partial charge >= 0.3 is 0 Å². The van der Waals surface area contributed by atoms with Gasteiger partial charge in [0, 0.05) is 24.2 Å². The number of carbonyl (C=O) groups is 1. The summed E-state index contributed by atoms with van der Waals surface area (Å²) in [6.07, 6.45) is 0.807. The molecule has 0 aromatic heterocycles. The fourth-order valence-electron chi connectivity index (χ4n) is 1.51. The van der Waals surface area contributed by atoms with Gasteiger partial charge in [-0.2, -0.15) is 0 Å². The number of amides is 1. The van der Waals surface area contributed by atoms with E-state index in [0.717, 1.165) is 12.0 Å². The maximum absolute atomic E-state index is 12.0. The Labute approximate surface area is 101 Å². The minimum Gasteiger partial charge on any atom is -0.342 e. The molecule has 0 aliphatic heterocycles. The molecule has 0 atom stereocenters. The molecule has 2 N–H and O–H groups in total. The van der Waals surface area contributed by atoms with Crippen LogP contribution >= 0.6 is 11.6 Å². The van der Waals surface area contributed by atoms with Crippen molar-refractivity contribution in [3.63, 3.8) is 0 Å². The summed E-state index contributed by atoms with van der Waals surface area (Å²) in [4.78, 5) is 13.6. The highest BCUT2D eigenvalue weighted by Crippen LogP contribution is 2.15. The van der Waals surface area contributed by atoms with E-state index in [1.54, 1.807) is 18.0 Å². The van der Waals surface area contributed by atoms with Gasteiger partial charge in [0.05, 0.1) is 0 Å². The van der Waals surface area contributed by atoms with E-state index in [1.165, 1.54) is 0 Å². The molecule has 0 unspecified atom stereocenters. The Morgan fingerprint density at radius 1 is 1.44 bits per heavy atom. The second-order valence-corrected chi connectivity index (χ2v) is 4.32. The number of rotatable bonds is 4. The highest BCUT2D eigenvalue weighted by molar-refractivity contribution is 6.31. The van der Waals surface area contributed by atoms with E-state index in [9.17, 15) is 4.79 Å². The summed E-state index contributed by atoms with van der Waals surface area (Å²) in [5.74, 6) is -0.0148. The number of hydrogen-bond donors (Lipinski definition) is 1. The van der Waals surface area contributed by atoms with Crippen LogP contribution in [0.1, 0.15) is 22.3 Å². The molecule has 0 bridgehead atoms. The first kappa shape index (κ1) is 13.0. The zero-order chi connectivity index (χ0) is 12.1. The molecule has 88 valence electrons. The average Bonchev–Trinajstić information content (AvgIpc) is 2.23. The quantitative estimate of drug-likeness (QED) is 0.876. The summed E-state index contributed by atoms with van der Waals surface area (Å²) in [6, 6.07) is 5.36. The number of benzene rings is 1. The van der Waals surface area contributed by atoms with Crippen molar-refractivity contribution in [3.8, 4) is 0 Å². The number of aryl methyl sites for hydroxylation is 1. The van der Waals surface area contributed by atoms with Crippen LogP contribution in [0.25, 0.3) is 0 Å². The third-order valence-electron chi connectivity index (χ3n) is 2.33. The maximum atomic E-state index is 12.0.